The molecule has 5 nitrogen and oxygen atoms in total. The van der Waals surface area contributed by atoms with Gasteiger partial charge < -0.3 is 20.5 Å². The van der Waals surface area contributed by atoms with Gasteiger partial charge in [-0.25, -0.2) is 0 Å². The van der Waals surface area contributed by atoms with Gasteiger partial charge in [0.05, 0.1) is 12.7 Å². The van der Waals surface area contributed by atoms with Crippen LogP contribution in [-0.2, 0) is 14.3 Å². The maximum absolute atomic E-state index is 12.0. The van der Waals surface area contributed by atoms with E-state index in [1.165, 1.54) is 0 Å². The minimum absolute atomic E-state index is 0.197. The third-order valence-corrected chi connectivity index (χ3v) is 4.66. The summed E-state index contributed by atoms with van der Waals surface area (Å²) in [5, 5.41) is 3.42. The summed E-state index contributed by atoms with van der Waals surface area (Å²) in [7, 11) is 0. The summed E-state index contributed by atoms with van der Waals surface area (Å²) >= 11 is 0. The van der Waals surface area contributed by atoms with Crippen molar-refractivity contribution in [1.29, 1.82) is 0 Å². The van der Waals surface area contributed by atoms with Crippen LogP contribution >= 0.6 is 0 Å². The Kier molecular flexibility index (Phi) is 5.81. The highest BCUT2D eigenvalue weighted by Crippen LogP contribution is 2.38. The zero-order valence-electron chi connectivity index (χ0n) is 12.5. The molecule has 0 bridgehead atoms. The quantitative estimate of drug-likeness (QED) is 0.702. The van der Waals surface area contributed by atoms with E-state index in [1.54, 1.807) is 0 Å². The van der Waals surface area contributed by atoms with Gasteiger partial charge >= 0.3 is 0 Å². The van der Waals surface area contributed by atoms with Gasteiger partial charge in [-0.15, -0.1) is 0 Å². The first-order valence-corrected chi connectivity index (χ1v) is 7.93. The maximum atomic E-state index is 12.0. The molecule has 5 heteroatoms. The Labute approximate surface area is 121 Å². The van der Waals surface area contributed by atoms with Crippen molar-refractivity contribution >= 4 is 5.91 Å². The molecule has 20 heavy (non-hydrogen) atoms. The fraction of sp³-hybridized carbons (Fsp3) is 0.933. The average molecular weight is 284 g/mol. The van der Waals surface area contributed by atoms with Gasteiger partial charge in [0.1, 0.15) is 5.54 Å². The smallest absolute Gasteiger partial charge is 0.238 e. The van der Waals surface area contributed by atoms with Crippen molar-refractivity contribution in [3.05, 3.63) is 0 Å². The maximum Gasteiger partial charge on any atom is 0.238 e. The third-order valence-electron chi connectivity index (χ3n) is 4.66. The van der Waals surface area contributed by atoms with E-state index in [0.717, 1.165) is 51.7 Å². The molecule has 0 aromatic rings. The lowest BCUT2D eigenvalue weighted by molar-refractivity contribution is -0.126. The molecule has 1 aliphatic heterocycles. The van der Waals surface area contributed by atoms with Crippen LogP contribution in [0.5, 0.6) is 0 Å². The van der Waals surface area contributed by atoms with Gasteiger partial charge in [-0.2, -0.15) is 0 Å². The van der Waals surface area contributed by atoms with Gasteiger partial charge in [0.15, 0.2) is 0 Å². The molecule has 2 aliphatic rings. The predicted octanol–water partition coefficient (Wildman–Crippen LogP) is 1.21. The first kappa shape index (κ1) is 15.7. The molecule has 2 fully saturated rings. The van der Waals surface area contributed by atoms with Crippen molar-refractivity contribution < 1.29 is 14.3 Å². The fourth-order valence-corrected chi connectivity index (χ4v) is 3.48. The second kappa shape index (κ2) is 7.38. The number of ether oxygens (including phenoxy) is 2. The van der Waals surface area contributed by atoms with Crippen LogP contribution in [0.3, 0.4) is 0 Å². The standard InChI is InChI=1S/C15H28N2O3/c1-2-8-17-15(14(16)18)7-3-4-12(15)5-10-20-13-6-9-19-11-13/h12-13,17H,2-11H2,1H3,(H2,16,18). The van der Waals surface area contributed by atoms with Crippen LogP contribution in [0.25, 0.3) is 0 Å². The van der Waals surface area contributed by atoms with Crippen LogP contribution in [0.2, 0.25) is 0 Å². The summed E-state index contributed by atoms with van der Waals surface area (Å²) in [6.07, 6.45) is 6.12. The topological polar surface area (TPSA) is 73.6 Å². The second-order valence-corrected chi connectivity index (χ2v) is 6.00. The van der Waals surface area contributed by atoms with Crippen molar-refractivity contribution in [2.45, 2.75) is 57.1 Å². The molecule has 0 radical (unpaired) electrons. The molecular formula is C15H28N2O3. The Morgan fingerprint density at radius 2 is 2.35 bits per heavy atom. The Morgan fingerprint density at radius 1 is 1.50 bits per heavy atom. The van der Waals surface area contributed by atoms with E-state index in [2.05, 4.69) is 12.2 Å². The summed E-state index contributed by atoms with van der Waals surface area (Å²) in [4.78, 5) is 12.0. The van der Waals surface area contributed by atoms with Crippen LogP contribution < -0.4 is 11.1 Å². The molecule has 3 N–H and O–H groups in total. The Hall–Kier alpha value is -0.650. The fourth-order valence-electron chi connectivity index (χ4n) is 3.48. The molecule has 1 aliphatic carbocycles. The van der Waals surface area contributed by atoms with Gasteiger partial charge in [-0.3, -0.25) is 4.79 Å². The number of nitrogens with one attached hydrogen (secondary N) is 1. The van der Waals surface area contributed by atoms with E-state index in [0.29, 0.717) is 19.1 Å². The number of rotatable bonds is 8. The summed E-state index contributed by atoms with van der Waals surface area (Å²) in [6, 6.07) is 0. The molecule has 0 aromatic carbocycles. The SMILES string of the molecule is CCCNC1(C(N)=O)CCCC1CCOC1CCOC1. The number of amides is 1. The Morgan fingerprint density at radius 3 is 3.00 bits per heavy atom. The highest BCUT2D eigenvalue weighted by molar-refractivity contribution is 5.85. The van der Waals surface area contributed by atoms with Crippen LogP contribution in [0.15, 0.2) is 0 Å². The van der Waals surface area contributed by atoms with Crippen LogP contribution in [0.1, 0.15) is 45.4 Å². The van der Waals surface area contributed by atoms with Gasteiger partial charge in [0.2, 0.25) is 5.91 Å². The van der Waals surface area contributed by atoms with Crippen molar-refractivity contribution in [3.63, 3.8) is 0 Å². The van der Waals surface area contributed by atoms with Crippen LogP contribution in [0, 0.1) is 5.92 Å². The monoisotopic (exact) mass is 284 g/mol. The van der Waals surface area contributed by atoms with E-state index in [4.69, 9.17) is 15.2 Å². The van der Waals surface area contributed by atoms with Gasteiger partial charge in [0, 0.05) is 13.2 Å². The molecule has 1 amide bonds. The first-order chi connectivity index (χ1) is 9.69. The molecule has 0 spiro atoms. The zero-order chi connectivity index (χ0) is 14.4. The van der Waals surface area contributed by atoms with Crippen molar-refractivity contribution in [3.8, 4) is 0 Å². The minimum Gasteiger partial charge on any atom is -0.379 e. The summed E-state index contributed by atoms with van der Waals surface area (Å²) in [5.74, 6) is 0.103. The van der Waals surface area contributed by atoms with Gasteiger partial charge in [0.25, 0.3) is 0 Å². The number of hydrogen-bond donors (Lipinski definition) is 2. The molecule has 1 heterocycles. The first-order valence-electron chi connectivity index (χ1n) is 7.93. The van der Waals surface area contributed by atoms with E-state index < -0.39 is 5.54 Å². The highest BCUT2D eigenvalue weighted by Gasteiger charge is 2.46. The van der Waals surface area contributed by atoms with E-state index in [-0.39, 0.29) is 12.0 Å². The van der Waals surface area contributed by atoms with E-state index >= 15 is 0 Å². The third kappa shape index (κ3) is 3.51. The molecule has 1 saturated heterocycles. The Balaban J connectivity index is 1.85. The van der Waals surface area contributed by atoms with Crippen LogP contribution in [0.4, 0.5) is 0 Å². The lowest BCUT2D eigenvalue weighted by atomic mass is 9.84. The molecule has 1 saturated carbocycles. The molecular weight excluding hydrogens is 256 g/mol. The number of nitrogens with two attached hydrogens (primary N) is 1. The number of carbonyl (C=O) groups is 1. The molecule has 3 atom stereocenters. The zero-order valence-corrected chi connectivity index (χ0v) is 12.5. The van der Waals surface area contributed by atoms with E-state index in [1.807, 2.05) is 0 Å². The molecule has 3 unspecified atom stereocenters. The Bertz CT molecular complexity index is 318. The predicted molar refractivity (Wildman–Crippen MR) is 77.4 cm³/mol. The highest BCUT2D eigenvalue weighted by atomic mass is 16.5. The lowest BCUT2D eigenvalue weighted by Crippen LogP contribution is -2.58. The summed E-state index contributed by atoms with van der Waals surface area (Å²) < 4.78 is 11.1. The van der Waals surface area contributed by atoms with E-state index in [9.17, 15) is 4.79 Å². The normalized spacial score (nSPS) is 33.6. The average Bonchev–Trinajstić information content (AvgIpc) is 3.06. The number of carbonyl (C=O) groups excluding carboxylic acids is 1. The molecule has 116 valence electrons. The second-order valence-electron chi connectivity index (χ2n) is 6.00. The summed E-state index contributed by atoms with van der Waals surface area (Å²) in [5.41, 5.74) is 5.19. The van der Waals surface area contributed by atoms with Crippen molar-refractivity contribution in [2.24, 2.45) is 11.7 Å². The van der Waals surface area contributed by atoms with Gasteiger partial charge in [-0.1, -0.05) is 13.3 Å². The lowest BCUT2D eigenvalue weighted by Gasteiger charge is -2.34. The molecule has 2 rings (SSSR count). The number of primary amides is 1. The van der Waals surface area contributed by atoms with Crippen LogP contribution in [-0.4, -0.2) is 43.9 Å². The van der Waals surface area contributed by atoms with Crippen molar-refractivity contribution in [2.75, 3.05) is 26.4 Å². The largest absolute Gasteiger partial charge is 0.379 e. The molecule has 0 aromatic heterocycles. The minimum atomic E-state index is -0.508. The summed E-state index contributed by atoms with van der Waals surface area (Å²) in [6.45, 7) is 5.16. The van der Waals surface area contributed by atoms with Gasteiger partial charge in [-0.05, 0) is 44.6 Å². The number of hydrogen-bond acceptors (Lipinski definition) is 4. The van der Waals surface area contributed by atoms with Crippen molar-refractivity contribution in [1.82, 2.24) is 5.32 Å².